The zero-order chi connectivity index (χ0) is 16.5. The molecule has 3 aromatic rings. The van der Waals surface area contributed by atoms with Gasteiger partial charge in [-0.3, -0.25) is 4.79 Å². The lowest BCUT2D eigenvalue weighted by atomic mass is 10.2. The van der Waals surface area contributed by atoms with Gasteiger partial charge in [0.15, 0.2) is 0 Å². The van der Waals surface area contributed by atoms with E-state index in [1.807, 2.05) is 23.6 Å². The van der Waals surface area contributed by atoms with Crippen molar-refractivity contribution in [3.05, 3.63) is 47.2 Å². The highest BCUT2D eigenvalue weighted by Crippen LogP contribution is 2.42. The van der Waals surface area contributed by atoms with Crippen LogP contribution in [0.2, 0.25) is 0 Å². The first-order valence-electron chi connectivity index (χ1n) is 7.87. The summed E-state index contributed by atoms with van der Waals surface area (Å²) in [7, 11) is 0. The molecule has 7 heteroatoms. The molecule has 1 aliphatic carbocycles. The van der Waals surface area contributed by atoms with Gasteiger partial charge in [-0.1, -0.05) is 6.07 Å². The molecule has 0 unspecified atom stereocenters. The molecule has 24 heavy (non-hydrogen) atoms. The number of carbonyl (C=O) groups is 1. The largest absolute Gasteiger partial charge is 0.468 e. The number of nitrogens with one attached hydrogen (secondary N) is 1. The fourth-order valence-corrected chi connectivity index (χ4v) is 3.36. The topological polar surface area (TPSA) is 80.3 Å². The molecule has 4 rings (SSSR count). The fourth-order valence-electron chi connectivity index (χ4n) is 2.68. The number of hydrogen-bond donors (Lipinski definition) is 2. The SMILES string of the molecule is O=C(Nc1cc(-c2cccs2)nn1CCO)c1ccoc1C1CC1. The number of thiophene rings is 1. The van der Waals surface area contributed by atoms with E-state index in [0.717, 1.165) is 29.2 Å². The number of nitrogens with zero attached hydrogens (tertiary/aromatic N) is 2. The first-order chi connectivity index (χ1) is 11.8. The molecular weight excluding hydrogens is 326 g/mol. The summed E-state index contributed by atoms with van der Waals surface area (Å²) in [4.78, 5) is 13.6. The molecule has 1 amide bonds. The second-order valence-electron chi connectivity index (χ2n) is 5.77. The summed E-state index contributed by atoms with van der Waals surface area (Å²) < 4.78 is 7.08. The Bertz CT molecular complexity index is 846. The average molecular weight is 343 g/mol. The molecule has 0 spiro atoms. The van der Waals surface area contributed by atoms with E-state index in [1.165, 1.54) is 0 Å². The van der Waals surface area contributed by atoms with E-state index in [-0.39, 0.29) is 12.5 Å². The van der Waals surface area contributed by atoms with Crippen LogP contribution in [0, 0.1) is 0 Å². The van der Waals surface area contributed by atoms with Crippen molar-refractivity contribution in [1.29, 1.82) is 0 Å². The molecule has 124 valence electrons. The van der Waals surface area contributed by atoms with Crippen molar-refractivity contribution in [1.82, 2.24) is 9.78 Å². The molecule has 0 aromatic carbocycles. The molecule has 0 saturated heterocycles. The molecule has 1 saturated carbocycles. The number of anilines is 1. The van der Waals surface area contributed by atoms with E-state index in [0.29, 0.717) is 23.8 Å². The number of furan rings is 1. The van der Waals surface area contributed by atoms with Gasteiger partial charge in [-0.15, -0.1) is 11.3 Å². The van der Waals surface area contributed by atoms with Crippen molar-refractivity contribution < 1.29 is 14.3 Å². The molecule has 0 bridgehead atoms. The normalized spacial score (nSPS) is 14.0. The Balaban J connectivity index is 1.60. The van der Waals surface area contributed by atoms with Gasteiger partial charge < -0.3 is 14.8 Å². The van der Waals surface area contributed by atoms with E-state index in [4.69, 9.17) is 4.42 Å². The van der Waals surface area contributed by atoms with Crippen LogP contribution in [0.1, 0.15) is 34.9 Å². The quantitative estimate of drug-likeness (QED) is 0.719. The Hall–Kier alpha value is -2.38. The van der Waals surface area contributed by atoms with Crippen LogP contribution in [0.3, 0.4) is 0 Å². The average Bonchev–Trinajstić information content (AvgIpc) is 3.01. The van der Waals surface area contributed by atoms with Gasteiger partial charge in [-0.2, -0.15) is 5.10 Å². The Morgan fingerprint density at radius 3 is 3.04 bits per heavy atom. The van der Waals surface area contributed by atoms with Gasteiger partial charge in [-0.05, 0) is 30.4 Å². The number of rotatable bonds is 6. The van der Waals surface area contributed by atoms with E-state index < -0.39 is 0 Å². The van der Waals surface area contributed by atoms with E-state index >= 15 is 0 Å². The minimum atomic E-state index is -0.206. The van der Waals surface area contributed by atoms with Gasteiger partial charge in [0.1, 0.15) is 17.3 Å². The predicted molar refractivity (Wildman–Crippen MR) is 91.3 cm³/mol. The van der Waals surface area contributed by atoms with Gasteiger partial charge in [0.05, 0.1) is 29.9 Å². The van der Waals surface area contributed by atoms with Crippen molar-refractivity contribution in [3.8, 4) is 10.6 Å². The minimum Gasteiger partial charge on any atom is -0.468 e. The smallest absolute Gasteiger partial charge is 0.260 e. The maximum Gasteiger partial charge on any atom is 0.260 e. The molecule has 1 fully saturated rings. The highest BCUT2D eigenvalue weighted by molar-refractivity contribution is 7.13. The van der Waals surface area contributed by atoms with Crippen LogP contribution in [-0.4, -0.2) is 27.4 Å². The standard InChI is InChI=1S/C17H17N3O3S/c21-7-6-20-15(10-13(19-20)14-2-1-9-24-14)18-17(22)12-5-8-23-16(12)11-3-4-11/h1-2,5,8-11,21H,3-4,6-7H2,(H,18,22). The number of hydrogen-bond acceptors (Lipinski definition) is 5. The minimum absolute atomic E-state index is 0.0481. The lowest BCUT2D eigenvalue weighted by Crippen LogP contribution is -2.17. The van der Waals surface area contributed by atoms with Crippen LogP contribution in [0.5, 0.6) is 0 Å². The van der Waals surface area contributed by atoms with E-state index in [9.17, 15) is 9.90 Å². The molecule has 0 aliphatic heterocycles. The van der Waals surface area contributed by atoms with Crippen molar-refractivity contribution >= 4 is 23.1 Å². The summed E-state index contributed by atoms with van der Waals surface area (Å²) in [5.41, 5.74) is 1.36. The number of aliphatic hydroxyl groups excluding tert-OH is 1. The maximum absolute atomic E-state index is 12.6. The molecule has 0 radical (unpaired) electrons. The van der Waals surface area contributed by atoms with Gasteiger partial charge in [0, 0.05) is 12.0 Å². The van der Waals surface area contributed by atoms with Crippen molar-refractivity contribution in [2.24, 2.45) is 0 Å². The fraction of sp³-hybridized carbons (Fsp3) is 0.294. The van der Waals surface area contributed by atoms with Crippen LogP contribution >= 0.6 is 11.3 Å². The Morgan fingerprint density at radius 2 is 2.33 bits per heavy atom. The maximum atomic E-state index is 12.6. The van der Waals surface area contributed by atoms with Crippen LogP contribution in [0.15, 0.2) is 40.3 Å². The third-order valence-electron chi connectivity index (χ3n) is 3.99. The second kappa shape index (κ2) is 6.26. The van der Waals surface area contributed by atoms with Crippen molar-refractivity contribution in [2.75, 3.05) is 11.9 Å². The van der Waals surface area contributed by atoms with Gasteiger partial charge >= 0.3 is 0 Å². The highest BCUT2D eigenvalue weighted by Gasteiger charge is 2.31. The summed E-state index contributed by atoms with van der Waals surface area (Å²) in [5, 5.41) is 18.6. The highest BCUT2D eigenvalue weighted by atomic mass is 32.1. The summed E-state index contributed by atoms with van der Waals surface area (Å²) >= 11 is 1.58. The zero-order valence-electron chi connectivity index (χ0n) is 12.9. The number of aromatic nitrogens is 2. The number of carbonyl (C=O) groups excluding carboxylic acids is 1. The number of aliphatic hydroxyl groups is 1. The Morgan fingerprint density at radius 1 is 1.46 bits per heavy atom. The summed E-state index contributed by atoms with van der Waals surface area (Å²) in [6, 6.07) is 7.46. The zero-order valence-corrected chi connectivity index (χ0v) is 13.8. The first-order valence-corrected chi connectivity index (χ1v) is 8.75. The molecule has 0 atom stereocenters. The molecule has 2 N–H and O–H groups in total. The Labute approximate surface area is 142 Å². The van der Waals surface area contributed by atoms with Crippen molar-refractivity contribution in [2.45, 2.75) is 25.3 Å². The lowest BCUT2D eigenvalue weighted by Gasteiger charge is -2.07. The summed E-state index contributed by atoms with van der Waals surface area (Å²) in [6.07, 6.45) is 3.70. The van der Waals surface area contributed by atoms with Crippen LogP contribution in [0.4, 0.5) is 5.82 Å². The first kappa shape index (κ1) is 15.2. The Kier molecular flexibility index (Phi) is 3.95. The predicted octanol–water partition coefficient (Wildman–Crippen LogP) is 3.33. The number of amides is 1. The lowest BCUT2D eigenvalue weighted by molar-refractivity contribution is 0.102. The van der Waals surface area contributed by atoms with Gasteiger partial charge in [0.2, 0.25) is 0 Å². The molecule has 1 aliphatic rings. The van der Waals surface area contributed by atoms with E-state index in [2.05, 4.69) is 10.4 Å². The summed E-state index contributed by atoms with van der Waals surface area (Å²) in [5.74, 6) is 1.49. The summed E-state index contributed by atoms with van der Waals surface area (Å²) in [6.45, 7) is 0.273. The third-order valence-corrected chi connectivity index (χ3v) is 4.89. The van der Waals surface area contributed by atoms with E-state index in [1.54, 1.807) is 28.3 Å². The van der Waals surface area contributed by atoms with Gasteiger partial charge in [-0.25, -0.2) is 4.68 Å². The molecule has 3 heterocycles. The molecule has 3 aromatic heterocycles. The van der Waals surface area contributed by atoms with Crippen LogP contribution < -0.4 is 5.32 Å². The third kappa shape index (κ3) is 2.88. The molecular formula is C17H17N3O3S. The monoisotopic (exact) mass is 343 g/mol. The van der Waals surface area contributed by atoms with Gasteiger partial charge in [0.25, 0.3) is 5.91 Å². The van der Waals surface area contributed by atoms with Crippen molar-refractivity contribution in [3.63, 3.8) is 0 Å². The van der Waals surface area contributed by atoms with Crippen LogP contribution in [-0.2, 0) is 6.54 Å². The second-order valence-corrected chi connectivity index (χ2v) is 6.71. The van der Waals surface area contributed by atoms with Crippen LogP contribution in [0.25, 0.3) is 10.6 Å². The molecule has 6 nitrogen and oxygen atoms in total.